The fourth-order valence-corrected chi connectivity index (χ4v) is 4.18. The van der Waals surface area contributed by atoms with E-state index in [0.29, 0.717) is 12.5 Å². The minimum absolute atomic E-state index is 0. The molecule has 0 aliphatic carbocycles. The van der Waals surface area contributed by atoms with Crippen LogP contribution in [0.1, 0.15) is 53.0 Å². The Balaban J connectivity index is 0.00000312. The Kier molecular flexibility index (Phi) is 9.88. The fraction of sp³-hybridized carbons (Fsp3) is 0.588. The van der Waals surface area contributed by atoms with Gasteiger partial charge in [0.15, 0.2) is 5.96 Å². The van der Waals surface area contributed by atoms with Crippen molar-refractivity contribution in [1.29, 1.82) is 0 Å². The number of aliphatic imine (C=N–C) groups is 1. The smallest absolute Gasteiger partial charge is 0.191 e. The van der Waals surface area contributed by atoms with E-state index in [4.69, 9.17) is 0 Å². The lowest BCUT2D eigenvalue weighted by atomic mass is 10.2. The Hall–Kier alpha value is -0.740. The van der Waals surface area contributed by atoms with E-state index < -0.39 is 0 Å². The molecule has 0 spiro atoms. The van der Waals surface area contributed by atoms with Crippen molar-refractivity contribution in [3.8, 4) is 0 Å². The summed E-state index contributed by atoms with van der Waals surface area (Å²) in [7, 11) is 1.79. The Morgan fingerprint density at radius 2 is 2.00 bits per heavy atom. The molecule has 25 heavy (non-hydrogen) atoms. The topological polar surface area (TPSA) is 62.2 Å². The Labute approximate surface area is 175 Å². The second kappa shape index (κ2) is 11.1. The van der Waals surface area contributed by atoms with Gasteiger partial charge in [0.05, 0.1) is 22.9 Å². The summed E-state index contributed by atoms with van der Waals surface area (Å²) in [5, 5.41) is 11.1. The first-order chi connectivity index (χ1) is 11.5. The molecule has 0 bridgehead atoms. The maximum Gasteiger partial charge on any atom is 0.191 e. The van der Waals surface area contributed by atoms with E-state index in [1.54, 1.807) is 29.7 Å². The maximum atomic E-state index is 4.67. The van der Waals surface area contributed by atoms with Crippen molar-refractivity contribution in [3.63, 3.8) is 0 Å². The number of halogens is 1. The summed E-state index contributed by atoms with van der Waals surface area (Å²) < 4.78 is 0. The second-order valence-corrected chi connectivity index (χ2v) is 8.12. The van der Waals surface area contributed by atoms with Gasteiger partial charge in [0.1, 0.15) is 5.01 Å². The van der Waals surface area contributed by atoms with Crippen molar-refractivity contribution in [2.45, 2.75) is 53.0 Å². The third kappa shape index (κ3) is 6.82. The molecule has 0 aromatic carbocycles. The SMILES string of the molecule is CCc1nc(CCNC(=NC)NCc2nc(C(C)C)cs2)sc1C.I. The van der Waals surface area contributed by atoms with Gasteiger partial charge < -0.3 is 10.6 Å². The summed E-state index contributed by atoms with van der Waals surface area (Å²) in [5.74, 6) is 1.28. The van der Waals surface area contributed by atoms with E-state index in [-0.39, 0.29) is 24.0 Å². The highest BCUT2D eigenvalue weighted by molar-refractivity contribution is 14.0. The quantitative estimate of drug-likeness (QED) is 0.346. The van der Waals surface area contributed by atoms with Crippen molar-refractivity contribution in [3.05, 3.63) is 31.7 Å². The molecule has 5 nitrogen and oxygen atoms in total. The molecule has 0 aliphatic heterocycles. The molecule has 0 amide bonds. The van der Waals surface area contributed by atoms with Crippen LogP contribution in [0.5, 0.6) is 0 Å². The third-order valence-electron chi connectivity index (χ3n) is 3.69. The van der Waals surface area contributed by atoms with E-state index in [1.165, 1.54) is 15.6 Å². The summed E-state index contributed by atoms with van der Waals surface area (Å²) in [6, 6.07) is 0. The number of guanidine groups is 1. The van der Waals surface area contributed by atoms with Crippen LogP contribution in [0.15, 0.2) is 10.4 Å². The molecule has 2 heterocycles. The Bertz CT molecular complexity index is 678. The zero-order valence-corrected chi connectivity index (χ0v) is 19.5. The molecule has 0 atom stereocenters. The van der Waals surface area contributed by atoms with Gasteiger partial charge in [0.25, 0.3) is 0 Å². The van der Waals surface area contributed by atoms with Crippen LogP contribution in [-0.2, 0) is 19.4 Å². The molecule has 0 unspecified atom stereocenters. The van der Waals surface area contributed by atoms with Crippen molar-refractivity contribution in [2.24, 2.45) is 4.99 Å². The molecule has 0 aliphatic rings. The predicted octanol–water partition coefficient (Wildman–Crippen LogP) is 4.12. The molecule has 2 aromatic rings. The molecular formula is C17H28IN5S2. The molecule has 8 heteroatoms. The summed E-state index contributed by atoms with van der Waals surface area (Å²) in [6.45, 7) is 10.2. The van der Waals surface area contributed by atoms with Gasteiger partial charge >= 0.3 is 0 Å². The number of hydrogen-bond acceptors (Lipinski definition) is 5. The van der Waals surface area contributed by atoms with Gasteiger partial charge in [-0.2, -0.15) is 0 Å². The second-order valence-electron chi connectivity index (χ2n) is 5.89. The average molecular weight is 493 g/mol. The molecule has 2 rings (SSSR count). The normalized spacial score (nSPS) is 11.5. The standard InChI is InChI=1S/C17H27N5S2.HI/c1-6-13-12(4)24-15(21-13)7-8-19-17(18-5)20-9-16-22-14(10-23-16)11(2)3;/h10-11H,6-9H2,1-5H3,(H2,18,19,20);1H. The number of nitrogens with one attached hydrogen (secondary N) is 2. The highest BCUT2D eigenvalue weighted by Crippen LogP contribution is 2.18. The summed E-state index contributed by atoms with van der Waals surface area (Å²) in [5.41, 5.74) is 2.38. The van der Waals surface area contributed by atoms with Gasteiger partial charge in [0.2, 0.25) is 0 Å². The number of aryl methyl sites for hydroxylation is 2. The van der Waals surface area contributed by atoms with E-state index in [9.17, 15) is 0 Å². The predicted molar refractivity (Wildman–Crippen MR) is 120 cm³/mol. The van der Waals surface area contributed by atoms with Crippen molar-refractivity contribution >= 4 is 52.6 Å². The third-order valence-corrected chi connectivity index (χ3v) is 5.63. The van der Waals surface area contributed by atoms with Gasteiger partial charge in [-0.3, -0.25) is 4.99 Å². The molecule has 0 radical (unpaired) electrons. The van der Waals surface area contributed by atoms with Crippen LogP contribution in [0.2, 0.25) is 0 Å². The molecular weight excluding hydrogens is 465 g/mol. The molecule has 2 N–H and O–H groups in total. The van der Waals surface area contributed by atoms with Crippen LogP contribution in [0.4, 0.5) is 0 Å². The van der Waals surface area contributed by atoms with Gasteiger partial charge in [-0.15, -0.1) is 46.7 Å². The van der Waals surface area contributed by atoms with Crippen LogP contribution >= 0.6 is 46.7 Å². The molecule has 0 fully saturated rings. The Morgan fingerprint density at radius 3 is 2.56 bits per heavy atom. The number of nitrogens with zero attached hydrogens (tertiary/aromatic N) is 3. The summed E-state index contributed by atoms with van der Waals surface area (Å²) in [4.78, 5) is 14.9. The lowest BCUT2D eigenvalue weighted by Gasteiger charge is -2.10. The van der Waals surface area contributed by atoms with Crippen LogP contribution in [0.3, 0.4) is 0 Å². The minimum Gasteiger partial charge on any atom is -0.356 e. The van der Waals surface area contributed by atoms with E-state index in [0.717, 1.165) is 36.0 Å². The molecule has 140 valence electrons. The summed E-state index contributed by atoms with van der Waals surface area (Å²) >= 11 is 3.49. The highest BCUT2D eigenvalue weighted by atomic mass is 127. The van der Waals surface area contributed by atoms with Gasteiger partial charge in [0, 0.05) is 30.3 Å². The first-order valence-electron chi connectivity index (χ1n) is 8.37. The molecule has 0 saturated carbocycles. The first-order valence-corrected chi connectivity index (χ1v) is 10.1. The maximum absolute atomic E-state index is 4.67. The number of hydrogen-bond donors (Lipinski definition) is 2. The zero-order valence-electron chi connectivity index (χ0n) is 15.5. The summed E-state index contributed by atoms with van der Waals surface area (Å²) in [6.07, 6.45) is 1.92. The van der Waals surface area contributed by atoms with Gasteiger partial charge in [-0.05, 0) is 19.3 Å². The van der Waals surface area contributed by atoms with Crippen LogP contribution in [-0.4, -0.2) is 29.5 Å². The van der Waals surface area contributed by atoms with Crippen LogP contribution in [0.25, 0.3) is 0 Å². The average Bonchev–Trinajstić information content (AvgIpc) is 3.17. The number of rotatable bonds is 7. The first kappa shape index (κ1) is 22.3. The molecule has 0 saturated heterocycles. The van der Waals surface area contributed by atoms with Gasteiger partial charge in [-0.25, -0.2) is 9.97 Å². The largest absolute Gasteiger partial charge is 0.356 e. The van der Waals surface area contributed by atoms with Crippen LogP contribution < -0.4 is 10.6 Å². The van der Waals surface area contributed by atoms with E-state index in [2.05, 4.69) is 58.7 Å². The van der Waals surface area contributed by atoms with Crippen molar-refractivity contribution < 1.29 is 0 Å². The van der Waals surface area contributed by atoms with E-state index >= 15 is 0 Å². The number of aromatic nitrogens is 2. The van der Waals surface area contributed by atoms with Crippen molar-refractivity contribution in [1.82, 2.24) is 20.6 Å². The monoisotopic (exact) mass is 493 g/mol. The molecule has 2 aromatic heterocycles. The minimum atomic E-state index is 0. The number of thiazole rings is 2. The Morgan fingerprint density at radius 1 is 1.24 bits per heavy atom. The van der Waals surface area contributed by atoms with Gasteiger partial charge in [-0.1, -0.05) is 20.8 Å². The van der Waals surface area contributed by atoms with E-state index in [1.807, 2.05) is 0 Å². The van der Waals surface area contributed by atoms with Crippen LogP contribution in [0, 0.1) is 6.92 Å². The lowest BCUT2D eigenvalue weighted by molar-refractivity contribution is 0.775. The lowest BCUT2D eigenvalue weighted by Crippen LogP contribution is -2.37. The van der Waals surface area contributed by atoms with Crippen molar-refractivity contribution in [2.75, 3.05) is 13.6 Å². The fourth-order valence-electron chi connectivity index (χ4n) is 2.26. The highest BCUT2D eigenvalue weighted by Gasteiger charge is 2.08. The zero-order chi connectivity index (χ0) is 17.5.